The number of ether oxygens (including phenoxy) is 2. The lowest BCUT2D eigenvalue weighted by Gasteiger charge is -2.12. The van der Waals surface area contributed by atoms with E-state index >= 15 is 0 Å². The van der Waals surface area contributed by atoms with Crippen molar-refractivity contribution < 1.29 is 19.7 Å². The van der Waals surface area contributed by atoms with E-state index < -0.39 is 6.10 Å². The molecule has 0 spiro atoms. The van der Waals surface area contributed by atoms with Crippen molar-refractivity contribution in [2.24, 2.45) is 0 Å². The molecular formula is C13H20O4. The second-order valence-corrected chi connectivity index (χ2v) is 3.79. The van der Waals surface area contributed by atoms with Crippen molar-refractivity contribution in [2.45, 2.75) is 25.9 Å². The largest absolute Gasteiger partial charge is 0.493 e. The van der Waals surface area contributed by atoms with E-state index in [-0.39, 0.29) is 6.61 Å². The minimum Gasteiger partial charge on any atom is -0.493 e. The first-order valence-corrected chi connectivity index (χ1v) is 5.79. The molecule has 0 aliphatic carbocycles. The zero-order valence-corrected chi connectivity index (χ0v) is 10.3. The van der Waals surface area contributed by atoms with Crippen LogP contribution in [0.4, 0.5) is 0 Å². The molecule has 0 saturated carbocycles. The van der Waals surface area contributed by atoms with Crippen LogP contribution in [0.1, 0.15) is 18.9 Å². The Bertz CT molecular complexity index is 338. The molecule has 0 aliphatic rings. The molecule has 96 valence electrons. The van der Waals surface area contributed by atoms with E-state index in [1.54, 1.807) is 7.11 Å². The molecule has 1 atom stereocenters. The Morgan fingerprint density at radius 1 is 1.29 bits per heavy atom. The summed E-state index contributed by atoms with van der Waals surface area (Å²) >= 11 is 0. The lowest BCUT2D eigenvalue weighted by atomic mass is 10.1. The first-order chi connectivity index (χ1) is 8.21. The highest BCUT2D eigenvalue weighted by Gasteiger charge is 2.07. The summed E-state index contributed by atoms with van der Waals surface area (Å²) in [5, 5.41) is 18.0. The van der Waals surface area contributed by atoms with E-state index in [1.807, 2.05) is 25.1 Å². The number of rotatable bonds is 7. The van der Waals surface area contributed by atoms with E-state index in [0.717, 1.165) is 5.56 Å². The molecule has 1 aromatic carbocycles. The number of aliphatic hydroxyl groups is 2. The van der Waals surface area contributed by atoms with Gasteiger partial charge in [-0.05, 0) is 37.5 Å². The molecule has 17 heavy (non-hydrogen) atoms. The number of aliphatic hydroxyl groups excluding tert-OH is 2. The van der Waals surface area contributed by atoms with Gasteiger partial charge in [-0.3, -0.25) is 0 Å². The third kappa shape index (κ3) is 4.24. The Labute approximate surface area is 102 Å². The van der Waals surface area contributed by atoms with Crippen LogP contribution in [-0.2, 0) is 6.42 Å². The van der Waals surface area contributed by atoms with Gasteiger partial charge in [-0.2, -0.15) is 0 Å². The van der Waals surface area contributed by atoms with Crippen LogP contribution in [0.5, 0.6) is 11.5 Å². The van der Waals surface area contributed by atoms with E-state index in [1.165, 1.54) is 0 Å². The lowest BCUT2D eigenvalue weighted by Crippen LogP contribution is -2.12. The summed E-state index contributed by atoms with van der Waals surface area (Å²) in [5.74, 6) is 1.42. The van der Waals surface area contributed by atoms with Crippen molar-refractivity contribution >= 4 is 0 Å². The third-order valence-corrected chi connectivity index (χ3v) is 2.50. The van der Waals surface area contributed by atoms with Crippen molar-refractivity contribution in [2.75, 3.05) is 20.3 Å². The van der Waals surface area contributed by atoms with Gasteiger partial charge in [-0.25, -0.2) is 0 Å². The molecule has 1 unspecified atom stereocenters. The first-order valence-electron chi connectivity index (χ1n) is 5.79. The van der Waals surface area contributed by atoms with E-state index in [4.69, 9.17) is 14.6 Å². The van der Waals surface area contributed by atoms with Gasteiger partial charge >= 0.3 is 0 Å². The topological polar surface area (TPSA) is 58.9 Å². The Kier molecular flexibility index (Phi) is 5.80. The Balaban J connectivity index is 2.70. The second-order valence-electron chi connectivity index (χ2n) is 3.79. The van der Waals surface area contributed by atoms with Gasteiger partial charge in [0.1, 0.15) is 0 Å². The fourth-order valence-corrected chi connectivity index (χ4v) is 1.57. The molecule has 0 amide bonds. The van der Waals surface area contributed by atoms with Gasteiger partial charge in [0.2, 0.25) is 0 Å². The number of aryl methyl sites for hydroxylation is 1. The van der Waals surface area contributed by atoms with Crippen molar-refractivity contribution in [3.8, 4) is 11.5 Å². The van der Waals surface area contributed by atoms with Crippen LogP contribution >= 0.6 is 0 Å². The second kappa shape index (κ2) is 7.14. The predicted octanol–water partition coefficient (Wildman–Crippen LogP) is 1.38. The van der Waals surface area contributed by atoms with Crippen LogP contribution in [0.15, 0.2) is 18.2 Å². The third-order valence-electron chi connectivity index (χ3n) is 2.50. The van der Waals surface area contributed by atoms with Gasteiger partial charge in [-0.15, -0.1) is 0 Å². The molecule has 0 heterocycles. The van der Waals surface area contributed by atoms with Gasteiger partial charge in [0, 0.05) is 0 Å². The monoisotopic (exact) mass is 240 g/mol. The fraction of sp³-hybridized carbons (Fsp3) is 0.538. The lowest BCUT2D eigenvalue weighted by molar-refractivity contribution is 0.0885. The van der Waals surface area contributed by atoms with Crippen LogP contribution in [0, 0.1) is 0 Å². The fourth-order valence-electron chi connectivity index (χ4n) is 1.57. The average molecular weight is 240 g/mol. The normalized spacial score (nSPS) is 12.2. The minimum absolute atomic E-state index is 0.200. The molecule has 4 heteroatoms. The summed E-state index contributed by atoms with van der Waals surface area (Å²) in [6, 6.07) is 5.70. The molecule has 0 saturated heterocycles. The van der Waals surface area contributed by atoms with E-state index in [9.17, 15) is 5.11 Å². The maximum Gasteiger partial charge on any atom is 0.161 e. The molecule has 1 aromatic rings. The summed E-state index contributed by atoms with van der Waals surface area (Å²) in [5.41, 5.74) is 1.06. The van der Waals surface area contributed by atoms with Crippen molar-refractivity contribution in [3.05, 3.63) is 23.8 Å². The summed E-state index contributed by atoms with van der Waals surface area (Å²) in [6.45, 7) is 2.30. The summed E-state index contributed by atoms with van der Waals surface area (Å²) < 4.78 is 10.7. The number of hydrogen-bond donors (Lipinski definition) is 2. The van der Waals surface area contributed by atoms with Crippen LogP contribution in [0.25, 0.3) is 0 Å². The van der Waals surface area contributed by atoms with Crippen molar-refractivity contribution in [3.63, 3.8) is 0 Å². The standard InChI is InChI=1S/C13H20O4/c1-3-17-13-8-10(4-6-11(15)9-14)5-7-12(13)16-2/h5,7-8,11,14-15H,3-4,6,9H2,1-2H3. The molecule has 4 nitrogen and oxygen atoms in total. The van der Waals surface area contributed by atoms with Gasteiger partial charge < -0.3 is 19.7 Å². The SMILES string of the molecule is CCOc1cc(CCC(O)CO)ccc1OC. The molecule has 0 aromatic heterocycles. The Morgan fingerprint density at radius 2 is 2.06 bits per heavy atom. The maximum atomic E-state index is 9.29. The molecule has 1 rings (SSSR count). The van der Waals surface area contributed by atoms with Gasteiger partial charge in [0.15, 0.2) is 11.5 Å². The first kappa shape index (κ1) is 13.8. The van der Waals surface area contributed by atoms with Crippen LogP contribution in [-0.4, -0.2) is 36.6 Å². The van der Waals surface area contributed by atoms with Crippen molar-refractivity contribution in [1.29, 1.82) is 0 Å². The van der Waals surface area contributed by atoms with Crippen LogP contribution in [0.3, 0.4) is 0 Å². The van der Waals surface area contributed by atoms with Crippen LogP contribution < -0.4 is 9.47 Å². The number of benzene rings is 1. The quantitative estimate of drug-likeness (QED) is 0.756. The molecule has 0 fully saturated rings. The maximum absolute atomic E-state index is 9.29. The number of methoxy groups -OCH3 is 1. The zero-order chi connectivity index (χ0) is 12.7. The minimum atomic E-state index is -0.660. The highest BCUT2D eigenvalue weighted by atomic mass is 16.5. The van der Waals surface area contributed by atoms with E-state index in [0.29, 0.717) is 30.9 Å². The molecule has 0 bridgehead atoms. The molecule has 0 aliphatic heterocycles. The zero-order valence-electron chi connectivity index (χ0n) is 10.3. The highest BCUT2D eigenvalue weighted by molar-refractivity contribution is 5.43. The predicted molar refractivity (Wildman–Crippen MR) is 65.6 cm³/mol. The summed E-state index contributed by atoms with van der Waals surface area (Å²) in [7, 11) is 1.60. The van der Waals surface area contributed by atoms with Gasteiger partial charge in [-0.1, -0.05) is 6.07 Å². The Morgan fingerprint density at radius 3 is 2.65 bits per heavy atom. The average Bonchev–Trinajstić information content (AvgIpc) is 2.36. The summed E-state index contributed by atoms with van der Waals surface area (Å²) in [6.07, 6.45) is 0.577. The highest BCUT2D eigenvalue weighted by Crippen LogP contribution is 2.28. The Hall–Kier alpha value is -1.26. The molecule has 2 N–H and O–H groups in total. The van der Waals surface area contributed by atoms with Crippen LogP contribution in [0.2, 0.25) is 0 Å². The summed E-state index contributed by atoms with van der Waals surface area (Å²) in [4.78, 5) is 0. The van der Waals surface area contributed by atoms with Gasteiger partial charge in [0.25, 0.3) is 0 Å². The smallest absolute Gasteiger partial charge is 0.161 e. The molecular weight excluding hydrogens is 220 g/mol. The van der Waals surface area contributed by atoms with E-state index in [2.05, 4.69) is 0 Å². The number of hydrogen-bond acceptors (Lipinski definition) is 4. The molecule has 0 radical (unpaired) electrons. The van der Waals surface area contributed by atoms with Gasteiger partial charge in [0.05, 0.1) is 26.4 Å². The van der Waals surface area contributed by atoms with Crippen molar-refractivity contribution in [1.82, 2.24) is 0 Å².